The molecule has 0 spiro atoms. The minimum absolute atomic E-state index is 0.000762. The summed E-state index contributed by atoms with van der Waals surface area (Å²) in [4.78, 5) is 14.0. The van der Waals surface area contributed by atoms with Crippen LogP contribution in [0.2, 0.25) is 0 Å². The highest BCUT2D eigenvalue weighted by Gasteiger charge is 2.20. The van der Waals surface area contributed by atoms with Crippen molar-refractivity contribution in [1.29, 1.82) is 0 Å². The van der Waals surface area contributed by atoms with E-state index < -0.39 is 0 Å². The van der Waals surface area contributed by atoms with Crippen LogP contribution in [0.3, 0.4) is 0 Å². The van der Waals surface area contributed by atoms with Crippen LogP contribution in [0.25, 0.3) is 0 Å². The maximum Gasteiger partial charge on any atom is 0.236 e. The van der Waals surface area contributed by atoms with E-state index in [0.717, 1.165) is 25.9 Å². The molecule has 3 N–H and O–H groups in total. The van der Waals surface area contributed by atoms with Gasteiger partial charge in [-0.2, -0.15) is 0 Å². The zero-order chi connectivity index (χ0) is 12.0. The van der Waals surface area contributed by atoms with Crippen LogP contribution in [0.5, 0.6) is 0 Å². The zero-order valence-electron chi connectivity index (χ0n) is 10.5. The molecule has 94 valence electrons. The zero-order valence-corrected chi connectivity index (χ0v) is 10.5. The largest absolute Gasteiger partial charge is 0.353 e. The molecular weight excluding hydrogens is 202 g/mol. The third-order valence-corrected chi connectivity index (χ3v) is 3.37. The Balaban J connectivity index is 2.24. The highest BCUT2D eigenvalue weighted by molar-refractivity contribution is 5.81. The molecule has 0 bridgehead atoms. The first-order chi connectivity index (χ1) is 7.65. The number of piperidine rings is 1. The summed E-state index contributed by atoms with van der Waals surface area (Å²) in [6.45, 7) is 3.93. The molecule has 1 aliphatic heterocycles. The quantitative estimate of drug-likeness (QED) is 0.727. The Morgan fingerprint density at radius 3 is 2.94 bits per heavy atom. The van der Waals surface area contributed by atoms with Crippen LogP contribution in [-0.4, -0.2) is 43.0 Å². The van der Waals surface area contributed by atoms with Crippen LogP contribution in [0.4, 0.5) is 0 Å². The summed E-state index contributed by atoms with van der Waals surface area (Å²) >= 11 is 0. The minimum Gasteiger partial charge on any atom is -0.353 e. The Hall–Kier alpha value is -0.610. The Kier molecular flexibility index (Phi) is 5.77. The molecule has 0 radical (unpaired) electrons. The molecule has 0 aromatic rings. The monoisotopic (exact) mass is 227 g/mol. The number of likely N-dealkylation sites (tertiary alicyclic amines) is 1. The van der Waals surface area contributed by atoms with Crippen LogP contribution in [0, 0.1) is 0 Å². The van der Waals surface area contributed by atoms with Gasteiger partial charge < -0.3 is 16.0 Å². The van der Waals surface area contributed by atoms with E-state index in [0.29, 0.717) is 6.04 Å². The molecule has 4 heteroatoms. The van der Waals surface area contributed by atoms with Crippen LogP contribution in [0.1, 0.15) is 39.0 Å². The molecule has 1 heterocycles. The van der Waals surface area contributed by atoms with E-state index in [-0.39, 0.29) is 11.9 Å². The molecule has 4 nitrogen and oxygen atoms in total. The van der Waals surface area contributed by atoms with Gasteiger partial charge in [0.25, 0.3) is 0 Å². The number of amides is 1. The first-order valence-electron chi connectivity index (χ1n) is 6.38. The highest BCUT2D eigenvalue weighted by Crippen LogP contribution is 2.13. The predicted molar refractivity (Wildman–Crippen MR) is 66.2 cm³/mol. The van der Waals surface area contributed by atoms with Crippen LogP contribution in [-0.2, 0) is 4.79 Å². The molecule has 0 aromatic heterocycles. The third kappa shape index (κ3) is 4.10. The SMILES string of the molecule is CCC[C@H](N)C(=O)NCC1CCCCN1C. The summed E-state index contributed by atoms with van der Waals surface area (Å²) in [5.41, 5.74) is 5.75. The second-order valence-corrected chi connectivity index (χ2v) is 4.77. The normalized spacial score (nSPS) is 24.1. The van der Waals surface area contributed by atoms with Crippen molar-refractivity contribution in [2.45, 2.75) is 51.1 Å². The number of carbonyl (C=O) groups excluding carboxylic acids is 1. The number of carbonyl (C=O) groups is 1. The summed E-state index contributed by atoms with van der Waals surface area (Å²) in [5.74, 6) is 0.000762. The first kappa shape index (κ1) is 13.5. The van der Waals surface area contributed by atoms with E-state index in [1.165, 1.54) is 19.3 Å². The molecule has 16 heavy (non-hydrogen) atoms. The average Bonchev–Trinajstić information content (AvgIpc) is 2.28. The van der Waals surface area contributed by atoms with Gasteiger partial charge in [-0.3, -0.25) is 4.79 Å². The molecule has 1 unspecified atom stereocenters. The molecule has 1 fully saturated rings. The molecule has 0 saturated carbocycles. The second kappa shape index (κ2) is 6.86. The fourth-order valence-corrected chi connectivity index (χ4v) is 2.19. The van der Waals surface area contributed by atoms with Gasteiger partial charge in [0.05, 0.1) is 6.04 Å². The van der Waals surface area contributed by atoms with E-state index in [1.807, 2.05) is 6.92 Å². The third-order valence-electron chi connectivity index (χ3n) is 3.37. The van der Waals surface area contributed by atoms with Crippen molar-refractivity contribution in [1.82, 2.24) is 10.2 Å². The van der Waals surface area contributed by atoms with Gasteiger partial charge in [0.15, 0.2) is 0 Å². The van der Waals surface area contributed by atoms with Crippen molar-refractivity contribution in [3.63, 3.8) is 0 Å². The molecule has 1 aliphatic rings. The van der Waals surface area contributed by atoms with Crippen LogP contribution < -0.4 is 11.1 Å². The van der Waals surface area contributed by atoms with Crippen molar-refractivity contribution in [2.24, 2.45) is 5.73 Å². The Morgan fingerprint density at radius 1 is 1.56 bits per heavy atom. The van der Waals surface area contributed by atoms with Gasteiger partial charge in [-0.25, -0.2) is 0 Å². The van der Waals surface area contributed by atoms with Crippen molar-refractivity contribution < 1.29 is 4.79 Å². The van der Waals surface area contributed by atoms with E-state index in [4.69, 9.17) is 5.73 Å². The maximum absolute atomic E-state index is 11.6. The molecule has 2 atom stereocenters. The lowest BCUT2D eigenvalue weighted by molar-refractivity contribution is -0.122. The molecule has 1 saturated heterocycles. The van der Waals surface area contributed by atoms with Crippen molar-refractivity contribution in [3.05, 3.63) is 0 Å². The van der Waals surface area contributed by atoms with Crippen molar-refractivity contribution >= 4 is 5.91 Å². The topological polar surface area (TPSA) is 58.4 Å². The second-order valence-electron chi connectivity index (χ2n) is 4.77. The van der Waals surface area contributed by atoms with Crippen LogP contribution >= 0.6 is 0 Å². The fourth-order valence-electron chi connectivity index (χ4n) is 2.19. The van der Waals surface area contributed by atoms with Gasteiger partial charge >= 0.3 is 0 Å². The lowest BCUT2D eigenvalue weighted by Crippen LogP contribution is -2.48. The van der Waals surface area contributed by atoms with E-state index in [2.05, 4.69) is 17.3 Å². The summed E-state index contributed by atoms with van der Waals surface area (Å²) in [6.07, 6.45) is 5.45. The van der Waals surface area contributed by atoms with Gasteiger partial charge in [-0.1, -0.05) is 19.8 Å². The van der Waals surface area contributed by atoms with Gasteiger partial charge in [-0.05, 0) is 32.9 Å². The fraction of sp³-hybridized carbons (Fsp3) is 0.917. The standard InChI is InChI=1S/C12H25N3O/c1-3-6-11(13)12(16)14-9-10-7-4-5-8-15(10)2/h10-11H,3-9,13H2,1-2H3,(H,14,16)/t10?,11-/m0/s1. The van der Waals surface area contributed by atoms with Gasteiger partial charge in [-0.15, -0.1) is 0 Å². The van der Waals surface area contributed by atoms with Crippen molar-refractivity contribution in [3.8, 4) is 0 Å². The number of nitrogens with two attached hydrogens (primary N) is 1. The molecular formula is C12H25N3O. The van der Waals surface area contributed by atoms with Gasteiger partial charge in [0, 0.05) is 12.6 Å². The van der Waals surface area contributed by atoms with E-state index in [1.54, 1.807) is 0 Å². The molecule has 0 aromatic carbocycles. The molecule has 0 aliphatic carbocycles. The number of rotatable bonds is 5. The Morgan fingerprint density at radius 2 is 2.31 bits per heavy atom. The van der Waals surface area contributed by atoms with Gasteiger partial charge in [0.2, 0.25) is 5.91 Å². The summed E-state index contributed by atoms with van der Waals surface area (Å²) in [5, 5.41) is 2.96. The van der Waals surface area contributed by atoms with E-state index in [9.17, 15) is 4.79 Å². The highest BCUT2D eigenvalue weighted by atomic mass is 16.2. The number of hydrogen-bond donors (Lipinski definition) is 2. The smallest absolute Gasteiger partial charge is 0.236 e. The Labute approximate surface area is 98.6 Å². The Bertz CT molecular complexity index is 220. The first-order valence-corrected chi connectivity index (χ1v) is 6.38. The molecule has 1 amide bonds. The number of nitrogens with one attached hydrogen (secondary N) is 1. The molecule has 1 rings (SSSR count). The number of nitrogens with zero attached hydrogens (tertiary/aromatic N) is 1. The summed E-state index contributed by atoms with van der Waals surface area (Å²) < 4.78 is 0. The van der Waals surface area contributed by atoms with E-state index >= 15 is 0 Å². The lowest BCUT2D eigenvalue weighted by atomic mass is 10.0. The predicted octanol–water partition coefficient (Wildman–Crippen LogP) is 0.714. The average molecular weight is 227 g/mol. The minimum atomic E-state index is -0.334. The number of likely N-dealkylation sites (N-methyl/N-ethyl adjacent to an activating group) is 1. The number of hydrogen-bond acceptors (Lipinski definition) is 3. The summed E-state index contributed by atoms with van der Waals surface area (Å²) in [6, 6.07) is 0.158. The van der Waals surface area contributed by atoms with Crippen LogP contribution in [0.15, 0.2) is 0 Å². The van der Waals surface area contributed by atoms with Crippen molar-refractivity contribution in [2.75, 3.05) is 20.1 Å². The maximum atomic E-state index is 11.6. The summed E-state index contributed by atoms with van der Waals surface area (Å²) in [7, 11) is 2.13. The van der Waals surface area contributed by atoms with Gasteiger partial charge in [0.1, 0.15) is 0 Å². The lowest BCUT2D eigenvalue weighted by Gasteiger charge is -2.32.